The van der Waals surface area contributed by atoms with Gasteiger partial charge in [-0.1, -0.05) is 19.8 Å². The van der Waals surface area contributed by atoms with E-state index in [2.05, 4.69) is 5.32 Å². The van der Waals surface area contributed by atoms with Crippen molar-refractivity contribution in [3.05, 3.63) is 0 Å². The second kappa shape index (κ2) is 7.58. The Balaban J connectivity index is 1.95. The van der Waals surface area contributed by atoms with Crippen LogP contribution in [0.15, 0.2) is 0 Å². The number of urea groups is 1. The highest BCUT2D eigenvalue weighted by atomic mass is 32.2. The molecule has 0 bridgehead atoms. The summed E-state index contributed by atoms with van der Waals surface area (Å²) in [5.74, 6) is 0.669. The average Bonchev–Trinajstić information content (AvgIpc) is 2.46. The summed E-state index contributed by atoms with van der Waals surface area (Å²) >= 11 is 0. The van der Waals surface area contributed by atoms with E-state index in [-0.39, 0.29) is 29.5 Å². The molecule has 6 heteroatoms. The number of hydrogen-bond donors (Lipinski definition) is 1. The fourth-order valence-electron chi connectivity index (χ4n) is 3.38. The highest BCUT2D eigenvalue weighted by molar-refractivity contribution is 7.85. The minimum Gasteiger partial charge on any atom is -0.372 e. The number of nitrogens with one attached hydrogen (secondary N) is 1. The first-order chi connectivity index (χ1) is 10.0. The lowest BCUT2D eigenvalue weighted by Gasteiger charge is -2.38. The molecule has 1 aliphatic heterocycles. The number of ether oxygens (including phenoxy) is 1. The van der Waals surface area contributed by atoms with Crippen LogP contribution in [0.4, 0.5) is 4.79 Å². The number of rotatable bonds is 3. The monoisotopic (exact) mass is 316 g/mol. The zero-order valence-corrected chi connectivity index (χ0v) is 14.2. The highest BCUT2D eigenvalue weighted by Gasteiger charge is 2.33. The van der Waals surface area contributed by atoms with Gasteiger partial charge in [-0.3, -0.25) is 4.21 Å². The molecule has 2 amide bonds. The number of carbonyl (C=O) groups is 1. The Morgan fingerprint density at radius 2 is 1.86 bits per heavy atom. The van der Waals surface area contributed by atoms with Gasteiger partial charge in [-0.15, -0.1) is 0 Å². The van der Waals surface area contributed by atoms with Crippen LogP contribution < -0.4 is 5.32 Å². The summed E-state index contributed by atoms with van der Waals surface area (Å²) in [6.07, 6.45) is 4.28. The van der Waals surface area contributed by atoms with Crippen molar-refractivity contribution in [2.45, 2.75) is 70.0 Å². The predicted octanol–water partition coefficient (Wildman–Crippen LogP) is 1.89. The van der Waals surface area contributed by atoms with Crippen molar-refractivity contribution in [2.75, 3.05) is 18.8 Å². The van der Waals surface area contributed by atoms with Crippen LogP contribution in [-0.2, 0) is 15.5 Å². The van der Waals surface area contributed by atoms with Crippen molar-refractivity contribution in [1.82, 2.24) is 10.2 Å². The third-order valence-electron chi connectivity index (χ3n) is 4.34. The van der Waals surface area contributed by atoms with Gasteiger partial charge < -0.3 is 15.0 Å². The highest BCUT2D eigenvalue weighted by Crippen LogP contribution is 2.23. The van der Waals surface area contributed by atoms with Gasteiger partial charge in [-0.05, 0) is 26.7 Å². The minimum atomic E-state index is -0.837. The molecule has 0 aromatic rings. The summed E-state index contributed by atoms with van der Waals surface area (Å²) < 4.78 is 17.8. The SMILES string of the molecule is CC[S@](=O)[C@@H]1CCCC[C@H]1NC(=O)N1C[C@@H](C)O[C@@H](C)C1. The van der Waals surface area contributed by atoms with Crippen molar-refractivity contribution in [1.29, 1.82) is 0 Å². The zero-order valence-electron chi connectivity index (χ0n) is 13.3. The first-order valence-corrected chi connectivity index (χ1v) is 9.47. The van der Waals surface area contributed by atoms with Crippen LogP contribution in [0.2, 0.25) is 0 Å². The van der Waals surface area contributed by atoms with Crippen molar-refractivity contribution < 1.29 is 13.7 Å². The molecule has 2 fully saturated rings. The van der Waals surface area contributed by atoms with E-state index in [1.54, 1.807) is 0 Å². The molecule has 5 atom stereocenters. The first kappa shape index (κ1) is 16.7. The number of nitrogens with zero attached hydrogens (tertiary/aromatic N) is 1. The van der Waals surface area contributed by atoms with E-state index < -0.39 is 10.8 Å². The lowest BCUT2D eigenvalue weighted by Crippen LogP contribution is -2.56. The molecule has 5 nitrogen and oxygen atoms in total. The van der Waals surface area contributed by atoms with Crippen LogP contribution in [0.5, 0.6) is 0 Å². The average molecular weight is 316 g/mol. The van der Waals surface area contributed by atoms with Gasteiger partial charge in [0, 0.05) is 35.7 Å². The molecule has 122 valence electrons. The Hall–Kier alpha value is -0.620. The molecule has 0 aromatic carbocycles. The van der Waals surface area contributed by atoms with Crippen LogP contribution in [0, 0.1) is 0 Å². The van der Waals surface area contributed by atoms with E-state index in [0.717, 1.165) is 25.7 Å². The fourth-order valence-corrected chi connectivity index (χ4v) is 4.81. The van der Waals surface area contributed by atoms with Gasteiger partial charge in [0.1, 0.15) is 0 Å². The van der Waals surface area contributed by atoms with Crippen LogP contribution in [0.25, 0.3) is 0 Å². The summed E-state index contributed by atoms with van der Waals surface area (Å²) in [6, 6.07) is 0.0301. The Bertz CT molecular complexity index is 381. The quantitative estimate of drug-likeness (QED) is 0.865. The van der Waals surface area contributed by atoms with Gasteiger partial charge in [-0.25, -0.2) is 4.79 Å². The van der Waals surface area contributed by atoms with Gasteiger partial charge in [0.15, 0.2) is 0 Å². The molecule has 1 saturated carbocycles. The summed E-state index contributed by atoms with van der Waals surface area (Å²) in [5, 5.41) is 3.25. The van der Waals surface area contributed by atoms with Crippen LogP contribution in [-0.4, -0.2) is 57.5 Å². The number of hydrogen-bond acceptors (Lipinski definition) is 3. The molecule has 0 unspecified atom stereocenters. The van der Waals surface area contributed by atoms with Gasteiger partial charge in [0.2, 0.25) is 0 Å². The summed E-state index contributed by atoms with van der Waals surface area (Å²) in [7, 11) is -0.837. The Labute approximate surface area is 130 Å². The summed E-state index contributed by atoms with van der Waals surface area (Å²) in [4.78, 5) is 14.3. The van der Waals surface area contributed by atoms with E-state index in [1.807, 2.05) is 25.7 Å². The second-order valence-corrected chi connectivity index (χ2v) is 8.15. The van der Waals surface area contributed by atoms with E-state index in [4.69, 9.17) is 4.74 Å². The van der Waals surface area contributed by atoms with Crippen LogP contribution >= 0.6 is 0 Å². The van der Waals surface area contributed by atoms with Crippen molar-refractivity contribution in [3.63, 3.8) is 0 Å². The second-order valence-electron chi connectivity index (χ2n) is 6.21. The maximum Gasteiger partial charge on any atom is 0.317 e. The summed E-state index contributed by atoms with van der Waals surface area (Å²) in [5.41, 5.74) is 0. The summed E-state index contributed by atoms with van der Waals surface area (Å²) in [6.45, 7) is 7.20. The fraction of sp³-hybridized carbons (Fsp3) is 0.933. The van der Waals surface area contributed by atoms with Crippen molar-refractivity contribution >= 4 is 16.8 Å². The molecule has 2 aliphatic rings. The molecule has 1 N–H and O–H groups in total. The van der Waals surface area contributed by atoms with E-state index in [9.17, 15) is 9.00 Å². The molecule has 1 aliphatic carbocycles. The molecule has 0 radical (unpaired) electrons. The standard InChI is InChI=1S/C15H28N2O3S/c1-4-21(19)14-8-6-5-7-13(14)16-15(18)17-9-11(2)20-12(3)10-17/h11-14H,4-10H2,1-3H3,(H,16,18)/t11-,12+,13-,14-,21+/m1/s1. The van der Waals surface area contributed by atoms with Crippen molar-refractivity contribution in [2.24, 2.45) is 0 Å². The topological polar surface area (TPSA) is 58.6 Å². The smallest absolute Gasteiger partial charge is 0.317 e. The van der Waals surface area contributed by atoms with Gasteiger partial charge in [0.25, 0.3) is 0 Å². The first-order valence-electron chi connectivity index (χ1n) is 8.09. The Kier molecular flexibility index (Phi) is 6.05. The number of amides is 2. The van der Waals surface area contributed by atoms with E-state index in [0.29, 0.717) is 18.8 Å². The third kappa shape index (κ3) is 4.42. The number of morpholine rings is 1. The molecule has 21 heavy (non-hydrogen) atoms. The van der Waals surface area contributed by atoms with Crippen molar-refractivity contribution in [3.8, 4) is 0 Å². The van der Waals surface area contributed by atoms with Crippen LogP contribution in [0.3, 0.4) is 0 Å². The zero-order chi connectivity index (χ0) is 15.4. The van der Waals surface area contributed by atoms with E-state index in [1.165, 1.54) is 0 Å². The normalized spacial score (nSPS) is 35.3. The van der Waals surface area contributed by atoms with Gasteiger partial charge >= 0.3 is 6.03 Å². The largest absolute Gasteiger partial charge is 0.372 e. The minimum absolute atomic E-state index is 0.0259. The van der Waals surface area contributed by atoms with E-state index >= 15 is 0 Å². The predicted molar refractivity (Wildman–Crippen MR) is 84.8 cm³/mol. The Morgan fingerprint density at radius 1 is 1.24 bits per heavy atom. The number of carbonyl (C=O) groups excluding carboxylic acids is 1. The molecular formula is C15H28N2O3S. The molecular weight excluding hydrogens is 288 g/mol. The van der Waals surface area contributed by atoms with Crippen LogP contribution in [0.1, 0.15) is 46.5 Å². The Morgan fingerprint density at radius 3 is 2.48 bits per heavy atom. The molecule has 1 saturated heterocycles. The lowest BCUT2D eigenvalue weighted by atomic mass is 9.95. The maximum atomic E-state index is 12.5. The molecule has 2 rings (SSSR count). The molecule has 1 heterocycles. The maximum absolute atomic E-state index is 12.5. The third-order valence-corrected chi connectivity index (χ3v) is 6.15. The molecule has 0 aromatic heterocycles. The molecule has 0 spiro atoms. The lowest BCUT2D eigenvalue weighted by molar-refractivity contribution is -0.0548. The van der Waals surface area contributed by atoms with Gasteiger partial charge in [-0.2, -0.15) is 0 Å². The van der Waals surface area contributed by atoms with Gasteiger partial charge in [0.05, 0.1) is 17.5 Å².